The molecule has 0 aliphatic rings. The highest BCUT2D eigenvalue weighted by Gasteiger charge is 2.14. The molecule has 0 aliphatic carbocycles. The number of anilines is 1. The van der Waals surface area contributed by atoms with Gasteiger partial charge in [-0.25, -0.2) is 0 Å². The average molecular weight is 523 g/mol. The molecule has 7 heteroatoms. The molecule has 0 saturated heterocycles. The largest absolute Gasteiger partial charge is 0.490 e. The van der Waals surface area contributed by atoms with E-state index in [2.05, 4.69) is 34.5 Å². The molecular formula is C22H20ClIN2O3. The number of amides is 1. The number of hydrogen-bond acceptors (Lipinski definition) is 4. The lowest BCUT2D eigenvalue weighted by Gasteiger charge is -2.14. The van der Waals surface area contributed by atoms with Crippen LogP contribution in [0.3, 0.4) is 0 Å². The maximum Gasteiger partial charge on any atom is 0.266 e. The topological polar surface area (TPSA) is 71.3 Å². The zero-order valence-corrected chi connectivity index (χ0v) is 19.0. The summed E-state index contributed by atoms with van der Waals surface area (Å²) in [6.07, 6.45) is 3.15. The molecule has 0 aliphatic heterocycles. The van der Waals surface area contributed by atoms with Crippen molar-refractivity contribution >= 4 is 51.9 Å². The first-order chi connectivity index (χ1) is 13.9. The van der Waals surface area contributed by atoms with Gasteiger partial charge in [-0.3, -0.25) is 4.79 Å². The number of halogens is 2. The van der Waals surface area contributed by atoms with Gasteiger partial charge in [-0.05, 0) is 77.9 Å². The summed E-state index contributed by atoms with van der Waals surface area (Å²) in [7, 11) is 0. The Morgan fingerprint density at radius 1 is 1.34 bits per heavy atom. The number of carbonyl (C=O) groups excluding carboxylic acids is 1. The van der Waals surface area contributed by atoms with E-state index in [0.29, 0.717) is 41.0 Å². The summed E-state index contributed by atoms with van der Waals surface area (Å²) in [6, 6.07) is 10.7. The quantitative estimate of drug-likeness (QED) is 0.207. The fourth-order valence-electron chi connectivity index (χ4n) is 2.40. The molecule has 2 rings (SSSR count). The Morgan fingerprint density at radius 3 is 2.72 bits per heavy atom. The summed E-state index contributed by atoms with van der Waals surface area (Å²) in [5.41, 5.74) is 2.03. The Morgan fingerprint density at radius 2 is 2.10 bits per heavy atom. The van der Waals surface area contributed by atoms with Crippen LogP contribution in [0.1, 0.15) is 18.1 Å². The lowest BCUT2D eigenvalue weighted by atomic mass is 10.1. The molecule has 0 saturated carbocycles. The normalized spacial score (nSPS) is 10.8. The zero-order valence-electron chi connectivity index (χ0n) is 16.1. The SMILES string of the molecule is C=CCOc1c(I)cc(/C=C(/C#N)C(=O)Nc2ccc(C)c(Cl)c2)cc1OCC. The molecule has 150 valence electrons. The van der Waals surface area contributed by atoms with E-state index in [1.807, 2.05) is 26.0 Å². The first-order valence-electron chi connectivity index (χ1n) is 8.78. The van der Waals surface area contributed by atoms with Gasteiger partial charge in [0.25, 0.3) is 5.91 Å². The van der Waals surface area contributed by atoms with Crippen LogP contribution in [0, 0.1) is 21.8 Å². The Balaban J connectivity index is 2.33. The molecule has 1 N–H and O–H groups in total. The van der Waals surface area contributed by atoms with Crippen LogP contribution in [0.15, 0.2) is 48.6 Å². The van der Waals surface area contributed by atoms with Gasteiger partial charge >= 0.3 is 0 Å². The number of nitriles is 1. The maximum absolute atomic E-state index is 12.5. The molecule has 0 unspecified atom stereocenters. The molecule has 0 aromatic heterocycles. The third-order valence-corrected chi connectivity index (χ3v) is 4.99. The van der Waals surface area contributed by atoms with Crippen LogP contribution in [0.2, 0.25) is 5.02 Å². The molecule has 2 aromatic carbocycles. The van der Waals surface area contributed by atoms with Gasteiger partial charge in [0.05, 0.1) is 10.2 Å². The molecule has 29 heavy (non-hydrogen) atoms. The van der Waals surface area contributed by atoms with Crippen LogP contribution in [0.25, 0.3) is 6.08 Å². The molecule has 0 heterocycles. The number of nitrogens with one attached hydrogen (secondary N) is 1. The van der Waals surface area contributed by atoms with Gasteiger partial charge in [0.1, 0.15) is 18.2 Å². The number of aryl methyl sites for hydroxylation is 1. The minimum atomic E-state index is -0.521. The molecule has 0 fully saturated rings. The van der Waals surface area contributed by atoms with Gasteiger partial charge in [-0.2, -0.15) is 5.26 Å². The molecule has 0 atom stereocenters. The van der Waals surface area contributed by atoms with Crippen LogP contribution in [0.4, 0.5) is 5.69 Å². The number of carbonyl (C=O) groups is 1. The van der Waals surface area contributed by atoms with Crippen LogP contribution >= 0.6 is 34.2 Å². The van der Waals surface area contributed by atoms with Crippen LogP contribution in [-0.4, -0.2) is 19.1 Å². The summed E-state index contributed by atoms with van der Waals surface area (Å²) in [4.78, 5) is 12.5. The number of ether oxygens (including phenoxy) is 2. The number of benzene rings is 2. The average Bonchev–Trinajstić information content (AvgIpc) is 2.68. The maximum atomic E-state index is 12.5. The zero-order chi connectivity index (χ0) is 21.4. The monoisotopic (exact) mass is 522 g/mol. The number of rotatable bonds is 8. The molecular weight excluding hydrogens is 503 g/mol. The summed E-state index contributed by atoms with van der Waals surface area (Å²) in [5, 5.41) is 12.7. The molecule has 0 bridgehead atoms. The van der Waals surface area contributed by atoms with Crippen molar-refractivity contribution in [3.05, 3.63) is 68.3 Å². The highest BCUT2D eigenvalue weighted by molar-refractivity contribution is 14.1. The predicted octanol–water partition coefficient (Wildman–Crippen LogP) is 5.76. The van der Waals surface area contributed by atoms with E-state index >= 15 is 0 Å². The highest BCUT2D eigenvalue weighted by atomic mass is 127. The molecule has 2 aromatic rings. The van der Waals surface area contributed by atoms with Crippen LogP contribution < -0.4 is 14.8 Å². The van der Waals surface area contributed by atoms with Crippen molar-refractivity contribution in [1.82, 2.24) is 0 Å². The van der Waals surface area contributed by atoms with Gasteiger partial charge in [-0.15, -0.1) is 0 Å². The first kappa shape index (κ1) is 22.8. The Bertz CT molecular complexity index is 996. The smallest absolute Gasteiger partial charge is 0.266 e. The fraction of sp³-hybridized carbons (Fsp3) is 0.182. The second-order valence-corrected chi connectivity index (χ2v) is 7.52. The van der Waals surface area contributed by atoms with Crippen molar-refractivity contribution in [3.63, 3.8) is 0 Å². The highest BCUT2D eigenvalue weighted by Crippen LogP contribution is 2.35. The van der Waals surface area contributed by atoms with Crippen LogP contribution in [-0.2, 0) is 4.79 Å². The molecule has 0 radical (unpaired) electrons. The summed E-state index contributed by atoms with van der Waals surface area (Å²) in [5.74, 6) is 0.615. The standard InChI is InChI=1S/C22H20ClIN2O3/c1-4-8-29-21-19(24)10-15(11-20(21)28-5-2)9-16(13-25)22(27)26-17-7-6-14(3)18(23)12-17/h4,6-7,9-12H,1,5,8H2,2-3H3,(H,26,27)/b16-9-. The predicted molar refractivity (Wildman–Crippen MR) is 124 cm³/mol. The van der Waals surface area contributed by atoms with Gasteiger partial charge in [-0.1, -0.05) is 30.3 Å². The van der Waals surface area contributed by atoms with E-state index in [9.17, 15) is 10.1 Å². The Kier molecular flexibility index (Phi) is 8.55. The van der Waals surface area contributed by atoms with Crippen molar-refractivity contribution < 1.29 is 14.3 Å². The van der Waals surface area contributed by atoms with Crippen molar-refractivity contribution in [2.24, 2.45) is 0 Å². The van der Waals surface area contributed by atoms with Gasteiger partial charge < -0.3 is 14.8 Å². The molecule has 5 nitrogen and oxygen atoms in total. The van der Waals surface area contributed by atoms with Gasteiger partial charge in [0.15, 0.2) is 11.5 Å². The Labute approximate surface area is 189 Å². The van der Waals surface area contributed by atoms with E-state index in [-0.39, 0.29) is 5.57 Å². The van der Waals surface area contributed by atoms with Crippen molar-refractivity contribution in [2.75, 3.05) is 18.5 Å². The van der Waals surface area contributed by atoms with Crippen molar-refractivity contribution in [2.45, 2.75) is 13.8 Å². The summed E-state index contributed by atoms with van der Waals surface area (Å²) < 4.78 is 12.1. The number of hydrogen-bond donors (Lipinski definition) is 1. The second-order valence-electron chi connectivity index (χ2n) is 5.95. The van der Waals surface area contributed by atoms with Gasteiger partial charge in [0.2, 0.25) is 0 Å². The fourth-order valence-corrected chi connectivity index (χ4v) is 3.36. The lowest BCUT2D eigenvalue weighted by molar-refractivity contribution is -0.112. The van der Waals surface area contributed by atoms with Crippen molar-refractivity contribution in [1.29, 1.82) is 5.26 Å². The molecule has 0 spiro atoms. The van der Waals surface area contributed by atoms with E-state index in [4.69, 9.17) is 21.1 Å². The van der Waals surface area contributed by atoms with E-state index in [1.54, 1.807) is 30.3 Å². The van der Waals surface area contributed by atoms with Crippen molar-refractivity contribution in [3.8, 4) is 17.6 Å². The van der Waals surface area contributed by atoms with E-state index in [1.165, 1.54) is 6.08 Å². The first-order valence-corrected chi connectivity index (χ1v) is 10.2. The lowest BCUT2D eigenvalue weighted by Crippen LogP contribution is -2.13. The molecule has 1 amide bonds. The van der Waals surface area contributed by atoms with E-state index in [0.717, 1.165) is 9.13 Å². The third kappa shape index (κ3) is 6.24. The van der Waals surface area contributed by atoms with E-state index < -0.39 is 5.91 Å². The van der Waals surface area contributed by atoms with Crippen LogP contribution in [0.5, 0.6) is 11.5 Å². The minimum absolute atomic E-state index is 0.0419. The van der Waals surface area contributed by atoms with Gasteiger partial charge in [0, 0.05) is 10.7 Å². The summed E-state index contributed by atoms with van der Waals surface area (Å²) >= 11 is 8.22. The summed E-state index contributed by atoms with van der Waals surface area (Å²) in [6.45, 7) is 8.18. The Hall–Kier alpha value is -2.50. The second kappa shape index (κ2) is 10.9. The minimum Gasteiger partial charge on any atom is -0.490 e. The third-order valence-electron chi connectivity index (χ3n) is 3.78. The number of nitrogens with zero attached hydrogens (tertiary/aromatic N) is 1.